The van der Waals surface area contributed by atoms with Gasteiger partial charge in [0.05, 0.1) is 29.1 Å². The Kier molecular flexibility index (Phi) is 7.70. The van der Waals surface area contributed by atoms with Gasteiger partial charge < -0.3 is 9.47 Å². The standard InChI is InChI=1S/C19H18BrN3O5/c1-3-8-28-19-15(20)9-13(10-17(19)27-2)12-21-22-18(24)11-14-6-4-5-7-16(14)23(25)26/h3-7,9-10,12H,1,8,11H2,2H3,(H,22,24). The lowest BCUT2D eigenvalue weighted by atomic mass is 10.1. The Balaban J connectivity index is 2.06. The summed E-state index contributed by atoms with van der Waals surface area (Å²) >= 11 is 3.40. The molecule has 0 aliphatic carbocycles. The number of amides is 1. The van der Waals surface area contributed by atoms with Crippen LogP contribution in [0.2, 0.25) is 0 Å². The third-order valence-electron chi connectivity index (χ3n) is 3.54. The van der Waals surface area contributed by atoms with E-state index in [-0.39, 0.29) is 12.1 Å². The van der Waals surface area contributed by atoms with Gasteiger partial charge in [0, 0.05) is 11.6 Å². The van der Waals surface area contributed by atoms with Gasteiger partial charge in [-0.05, 0) is 33.6 Å². The maximum absolute atomic E-state index is 12.0. The highest BCUT2D eigenvalue weighted by molar-refractivity contribution is 9.10. The fourth-order valence-corrected chi connectivity index (χ4v) is 2.90. The van der Waals surface area contributed by atoms with Crippen LogP contribution in [0, 0.1) is 10.1 Å². The molecule has 0 saturated heterocycles. The topological polar surface area (TPSA) is 103 Å². The fraction of sp³-hybridized carbons (Fsp3) is 0.158. The molecule has 2 aromatic carbocycles. The SMILES string of the molecule is C=CCOc1c(Br)cc(C=NNC(=O)Cc2ccccc2[N+](=O)[O-])cc1OC. The summed E-state index contributed by atoms with van der Waals surface area (Å²) < 4.78 is 11.5. The number of ether oxygens (including phenoxy) is 2. The van der Waals surface area contributed by atoms with Gasteiger partial charge in [0.15, 0.2) is 11.5 Å². The number of nitrogens with zero attached hydrogens (tertiary/aromatic N) is 2. The predicted molar refractivity (Wildman–Crippen MR) is 109 cm³/mol. The largest absolute Gasteiger partial charge is 0.493 e. The average Bonchev–Trinajstić information content (AvgIpc) is 2.67. The summed E-state index contributed by atoms with van der Waals surface area (Å²) in [6.45, 7) is 3.92. The molecule has 0 aromatic heterocycles. The second-order valence-electron chi connectivity index (χ2n) is 5.49. The van der Waals surface area contributed by atoms with Crippen LogP contribution >= 0.6 is 15.9 Å². The van der Waals surface area contributed by atoms with E-state index in [4.69, 9.17) is 9.47 Å². The lowest BCUT2D eigenvalue weighted by molar-refractivity contribution is -0.385. The van der Waals surface area contributed by atoms with E-state index in [0.717, 1.165) is 0 Å². The van der Waals surface area contributed by atoms with Gasteiger partial charge in [-0.2, -0.15) is 5.10 Å². The van der Waals surface area contributed by atoms with Gasteiger partial charge in [-0.3, -0.25) is 14.9 Å². The van der Waals surface area contributed by atoms with Crippen LogP contribution in [0.25, 0.3) is 0 Å². The Morgan fingerprint density at radius 3 is 2.82 bits per heavy atom. The number of hydrogen-bond donors (Lipinski definition) is 1. The Labute approximate surface area is 170 Å². The van der Waals surface area contributed by atoms with Crippen molar-refractivity contribution in [3.8, 4) is 11.5 Å². The van der Waals surface area contributed by atoms with E-state index in [1.54, 1.807) is 30.3 Å². The number of nitrogens with one attached hydrogen (secondary N) is 1. The molecule has 9 heteroatoms. The number of nitro benzene ring substituents is 1. The van der Waals surface area contributed by atoms with Gasteiger partial charge in [0.1, 0.15) is 6.61 Å². The molecule has 0 bridgehead atoms. The van der Waals surface area contributed by atoms with Gasteiger partial charge in [0.2, 0.25) is 5.91 Å². The molecule has 1 N–H and O–H groups in total. The first kappa shape index (κ1) is 21.1. The second kappa shape index (κ2) is 10.2. The van der Waals surface area contributed by atoms with E-state index in [1.807, 2.05) is 0 Å². The summed E-state index contributed by atoms with van der Waals surface area (Å²) in [7, 11) is 1.51. The van der Waals surface area contributed by atoms with Gasteiger partial charge >= 0.3 is 0 Å². The number of hydrogen-bond acceptors (Lipinski definition) is 6. The minimum Gasteiger partial charge on any atom is -0.493 e. The Hall–Kier alpha value is -3.20. The summed E-state index contributed by atoms with van der Waals surface area (Å²) in [5, 5.41) is 14.9. The highest BCUT2D eigenvalue weighted by atomic mass is 79.9. The number of nitro groups is 1. The van der Waals surface area contributed by atoms with Crippen LogP contribution in [0.5, 0.6) is 11.5 Å². The molecule has 8 nitrogen and oxygen atoms in total. The van der Waals surface area contributed by atoms with Crippen LogP contribution in [0.3, 0.4) is 0 Å². The van der Waals surface area contributed by atoms with Crippen LogP contribution in [0.4, 0.5) is 5.69 Å². The van der Waals surface area contributed by atoms with Gasteiger partial charge in [0.25, 0.3) is 5.69 Å². The van der Waals surface area contributed by atoms with Gasteiger partial charge in [-0.1, -0.05) is 30.9 Å². The van der Waals surface area contributed by atoms with Crippen molar-refractivity contribution < 1.29 is 19.2 Å². The molecule has 0 aliphatic heterocycles. The lowest BCUT2D eigenvalue weighted by Crippen LogP contribution is -2.20. The summed E-state index contributed by atoms with van der Waals surface area (Å²) in [6, 6.07) is 9.51. The number of benzene rings is 2. The third kappa shape index (κ3) is 5.65. The smallest absolute Gasteiger partial charge is 0.273 e. The normalized spacial score (nSPS) is 10.5. The second-order valence-corrected chi connectivity index (χ2v) is 6.34. The summed E-state index contributed by atoms with van der Waals surface area (Å²) in [5.41, 5.74) is 3.22. The maximum atomic E-state index is 12.0. The van der Waals surface area contributed by atoms with Crippen molar-refractivity contribution in [3.63, 3.8) is 0 Å². The Morgan fingerprint density at radius 2 is 2.14 bits per heavy atom. The van der Waals surface area contributed by atoms with Crippen LogP contribution in [-0.2, 0) is 11.2 Å². The van der Waals surface area contributed by atoms with Crippen molar-refractivity contribution in [2.45, 2.75) is 6.42 Å². The molecule has 0 aliphatic rings. The first-order valence-corrected chi connectivity index (χ1v) is 8.91. The number of halogens is 1. The van der Waals surface area contributed by atoms with Crippen LogP contribution in [0.15, 0.2) is 58.6 Å². The third-order valence-corrected chi connectivity index (χ3v) is 4.13. The minimum atomic E-state index is -0.522. The number of para-hydroxylation sites is 1. The van der Waals surface area contributed by atoms with E-state index < -0.39 is 10.8 Å². The molecule has 146 valence electrons. The average molecular weight is 448 g/mol. The summed E-state index contributed by atoms with van der Waals surface area (Å²) in [4.78, 5) is 22.5. The molecule has 0 spiro atoms. The first-order valence-electron chi connectivity index (χ1n) is 8.11. The van der Waals surface area contributed by atoms with E-state index in [0.29, 0.717) is 33.7 Å². The van der Waals surface area contributed by atoms with Crippen LogP contribution in [0.1, 0.15) is 11.1 Å². The molecule has 0 saturated carbocycles. The maximum Gasteiger partial charge on any atom is 0.273 e. The van der Waals surface area contributed by atoms with Crippen LogP contribution in [-0.4, -0.2) is 30.8 Å². The molecule has 0 heterocycles. The van der Waals surface area contributed by atoms with E-state index >= 15 is 0 Å². The molecule has 2 aromatic rings. The molecule has 1 amide bonds. The lowest BCUT2D eigenvalue weighted by Gasteiger charge is -2.12. The fourth-order valence-electron chi connectivity index (χ4n) is 2.33. The van der Waals surface area contributed by atoms with Crippen LogP contribution < -0.4 is 14.9 Å². The first-order chi connectivity index (χ1) is 13.5. The summed E-state index contributed by atoms with van der Waals surface area (Å²) in [5.74, 6) is 0.548. The van der Waals surface area contributed by atoms with E-state index in [1.165, 1.54) is 25.5 Å². The Morgan fingerprint density at radius 1 is 1.39 bits per heavy atom. The molecule has 0 fully saturated rings. The predicted octanol–water partition coefficient (Wildman–Crippen LogP) is 3.62. The molecule has 0 atom stereocenters. The van der Waals surface area contributed by atoms with Crippen molar-refractivity contribution in [2.24, 2.45) is 5.10 Å². The van der Waals surface area contributed by atoms with Crippen molar-refractivity contribution in [1.29, 1.82) is 0 Å². The Bertz CT molecular complexity index is 914. The van der Waals surface area contributed by atoms with Crippen molar-refractivity contribution in [1.82, 2.24) is 5.43 Å². The van der Waals surface area contributed by atoms with E-state index in [2.05, 4.69) is 33.0 Å². The van der Waals surface area contributed by atoms with Gasteiger partial charge in [-0.25, -0.2) is 5.43 Å². The molecular weight excluding hydrogens is 430 g/mol. The quantitative estimate of drug-likeness (QED) is 0.273. The zero-order valence-electron chi connectivity index (χ0n) is 15.1. The van der Waals surface area contributed by atoms with Crippen molar-refractivity contribution in [2.75, 3.05) is 13.7 Å². The molecule has 0 unspecified atom stereocenters. The monoisotopic (exact) mass is 447 g/mol. The highest BCUT2D eigenvalue weighted by Gasteiger charge is 2.15. The molecule has 2 rings (SSSR count). The molecule has 0 radical (unpaired) electrons. The van der Waals surface area contributed by atoms with E-state index in [9.17, 15) is 14.9 Å². The number of hydrazone groups is 1. The van der Waals surface area contributed by atoms with Crippen molar-refractivity contribution in [3.05, 3.63) is 74.8 Å². The zero-order valence-corrected chi connectivity index (χ0v) is 16.6. The number of methoxy groups -OCH3 is 1. The molecular formula is C19H18BrN3O5. The van der Waals surface area contributed by atoms with Crippen molar-refractivity contribution >= 4 is 33.7 Å². The zero-order chi connectivity index (χ0) is 20.5. The number of carbonyl (C=O) groups is 1. The minimum absolute atomic E-state index is 0.106. The highest BCUT2D eigenvalue weighted by Crippen LogP contribution is 2.36. The van der Waals surface area contributed by atoms with Gasteiger partial charge in [-0.15, -0.1) is 0 Å². The number of carbonyl (C=O) groups excluding carboxylic acids is 1. The summed E-state index contributed by atoms with van der Waals surface area (Å²) in [6.07, 6.45) is 2.89. The molecule has 28 heavy (non-hydrogen) atoms. The number of rotatable bonds is 9.